The maximum absolute atomic E-state index is 4.96. The Labute approximate surface area is 177 Å². The van der Waals surface area contributed by atoms with Crippen molar-refractivity contribution in [1.29, 1.82) is 0 Å². The van der Waals surface area contributed by atoms with Gasteiger partial charge in [-0.05, 0) is 22.9 Å². The Kier molecular flexibility index (Phi) is 5.29. The standard InChI is InChI=1S/C21H20N6S2/c1-3-16(28-11-1)15-26-7-9-27(10-8-26)21-24-13-17(18-14-22-5-6-23-18)20(25-21)19-4-2-12-29-19/h1-6,11-14H,7-10,15H2. The second kappa shape index (κ2) is 8.36. The highest BCUT2D eigenvalue weighted by atomic mass is 32.1. The Balaban J connectivity index is 1.38. The summed E-state index contributed by atoms with van der Waals surface area (Å²) in [6.07, 6.45) is 7.03. The fourth-order valence-corrected chi connectivity index (χ4v) is 4.95. The molecule has 0 saturated carbocycles. The van der Waals surface area contributed by atoms with Crippen LogP contribution in [0.15, 0.2) is 59.8 Å². The predicted octanol–water partition coefficient (Wildman–Crippen LogP) is 4.05. The molecule has 146 valence electrons. The van der Waals surface area contributed by atoms with Crippen LogP contribution in [0, 0.1) is 0 Å². The van der Waals surface area contributed by atoms with Gasteiger partial charge in [0.1, 0.15) is 0 Å². The van der Waals surface area contributed by atoms with Crippen molar-refractivity contribution < 1.29 is 0 Å². The van der Waals surface area contributed by atoms with Crippen molar-refractivity contribution in [1.82, 2.24) is 24.8 Å². The molecule has 1 saturated heterocycles. The number of rotatable bonds is 5. The van der Waals surface area contributed by atoms with E-state index in [1.54, 1.807) is 29.9 Å². The zero-order chi connectivity index (χ0) is 19.5. The summed E-state index contributed by atoms with van der Waals surface area (Å²) >= 11 is 3.50. The van der Waals surface area contributed by atoms with Gasteiger partial charge in [-0.2, -0.15) is 0 Å². The minimum Gasteiger partial charge on any atom is -0.338 e. The highest BCUT2D eigenvalue weighted by Gasteiger charge is 2.21. The van der Waals surface area contributed by atoms with Crippen LogP contribution < -0.4 is 4.90 Å². The van der Waals surface area contributed by atoms with Crippen molar-refractivity contribution in [3.63, 3.8) is 0 Å². The lowest BCUT2D eigenvalue weighted by molar-refractivity contribution is 0.251. The largest absolute Gasteiger partial charge is 0.338 e. The van der Waals surface area contributed by atoms with E-state index >= 15 is 0 Å². The molecule has 0 spiro atoms. The Bertz CT molecular complexity index is 1040. The van der Waals surface area contributed by atoms with Gasteiger partial charge in [-0.25, -0.2) is 9.97 Å². The highest BCUT2D eigenvalue weighted by Crippen LogP contribution is 2.33. The maximum Gasteiger partial charge on any atom is 0.226 e. The Morgan fingerprint density at radius 2 is 1.76 bits per heavy atom. The fraction of sp³-hybridized carbons (Fsp3) is 0.238. The summed E-state index contributed by atoms with van der Waals surface area (Å²) in [7, 11) is 0. The smallest absolute Gasteiger partial charge is 0.226 e. The molecule has 0 radical (unpaired) electrons. The van der Waals surface area contributed by atoms with Crippen LogP contribution in [0.5, 0.6) is 0 Å². The molecule has 0 bridgehead atoms. The molecule has 0 N–H and O–H groups in total. The van der Waals surface area contributed by atoms with E-state index in [9.17, 15) is 0 Å². The van der Waals surface area contributed by atoms with Gasteiger partial charge >= 0.3 is 0 Å². The summed E-state index contributed by atoms with van der Waals surface area (Å²) in [6.45, 7) is 4.92. The molecule has 1 aliphatic heterocycles. The first-order chi connectivity index (χ1) is 14.4. The number of hydrogen-bond acceptors (Lipinski definition) is 8. The van der Waals surface area contributed by atoms with Gasteiger partial charge in [0.2, 0.25) is 5.95 Å². The van der Waals surface area contributed by atoms with E-state index < -0.39 is 0 Å². The third-order valence-electron chi connectivity index (χ3n) is 4.98. The number of piperazine rings is 1. The third kappa shape index (κ3) is 4.05. The molecular weight excluding hydrogens is 400 g/mol. The van der Waals surface area contributed by atoms with E-state index in [1.165, 1.54) is 4.88 Å². The first kappa shape index (κ1) is 18.4. The van der Waals surface area contributed by atoms with Crippen LogP contribution >= 0.6 is 22.7 Å². The van der Waals surface area contributed by atoms with E-state index in [-0.39, 0.29) is 0 Å². The molecule has 0 amide bonds. The summed E-state index contributed by atoms with van der Waals surface area (Å²) in [5.41, 5.74) is 2.63. The summed E-state index contributed by atoms with van der Waals surface area (Å²) in [5.74, 6) is 0.789. The molecule has 0 aromatic carbocycles. The minimum atomic E-state index is 0.789. The average molecular weight is 421 g/mol. The SMILES string of the molecule is c1csc(CN2CCN(c3ncc(-c4cnccn4)c(-c4cccs4)n3)CC2)c1. The first-order valence-electron chi connectivity index (χ1n) is 9.54. The van der Waals surface area contributed by atoms with E-state index in [1.807, 2.05) is 23.6 Å². The van der Waals surface area contributed by atoms with Gasteiger partial charge in [0.25, 0.3) is 0 Å². The van der Waals surface area contributed by atoms with Gasteiger partial charge in [0.05, 0.1) is 22.5 Å². The summed E-state index contributed by atoms with van der Waals surface area (Å²) in [5, 5.41) is 4.21. The van der Waals surface area contributed by atoms with Gasteiger partial charge in [0.15, 0.2) is 0 Å². The van der Waals surface area contributed by atoms with Gasteiger partial charge in [0, 0.05) is 61.8 Å². The molecular formula is C21H20N6S2. The van der Waals surface area contributed by atoms with Crippen molar-refractivity contribution in [3.8, 4) is 21.8 Å². The fourth-order valence-electron chi connectivity index (χ4n) is 3.48. The zero-order valence-electron chi connectivity index (χ0n) is 15.8. The van der Waals surface area contributed by atoms with Crippen LogP contribution in [0.4, 0.5) is 5.95 Å². The van der Waals surface area contributed by atoms with Crippen molar-refractivity contribution >= 4 is 28.6 Å². The summed E-state index contributed by atoms with van der Waals surface area (Å²) < 4.78 is 0. The van der Waals surface area contributed by atoms with Crippen LogP contribution in [0.1, 0.15) is 4.88 Å². The van der Waals surface area contributed by atoms with Crippen molar-refractivity contribution in [2.24, 2.45) is 0 Å². The second-order valence-corrected chi connectivity index (χ2v) is 8.82. The molecule has 29 heavy (non-hydrogen) atoms. The minimum absolute atomic E-state index is 0.789. The van der Waals surface area contributed by atoms with Crippen LogP contribution in [0.25, 0.3) is 21.8 Å². The zero-order valence-corrected chi connectivity index (χ0v) is 17.4. The summed E-state index contributed by atoms with van der Waals surface area (Å²) in [6, 6.07) is 8.47. The van der Waals surface area contributed by atoms with Gasteiger partial charge in [-0.1, -0.05) is 12.1 Å². The van der Waals surface area contributed by atoms with Crippen molar-refractivity contribution in [3.05, 3.63) is 64.7 Å². The van der Waals surface area contributed by atoms with Gasteiger partial charge < -0.3 is 4.90 Å². The molecule has 5 heterocycles. The molecule has 1 aliphatic rings. The van der Waals surface area contributed by atoms with E-state index in [0.29, 0.717) is 0 Å². The molecule has 6 nitrogen and oxygen atoms in total. The van der Waals surface area contributed by atoms with Crippen LogP contribution in [-0.2, 0) is 6.54 Å². The number of hydrogen-bond donors (Lipinski definition) is 0. The van der Waals surface area contributed by atoms with E-state index in [4.69, 9.17) is 4.98 Å². The van der Waals surface area contributed by atoms with Gasteiger partial charge in [-0.3, -0.25) is 14.9 Å². The summed E-state index contributed by atoms with van der Waals surface area (Å²) in [4.78, 5) is 25.6. The number of aromatic nitrogens is 4. The van der Waals surface area contributed by atoms with Crippen LogP contribution in [0.2, 0.25) is 0 Å². The molecule has 1 fully saturated rings. The molecule has 0 atom stereocenters. The lowest BCUT2D eigenvalue weighted by Crippen LogP contribution is -2.46. The Hall–Kier alpha value is -2.68. The molecule has 0 aliphatic carbocycles. The third-order valence-corrected chi connectivity index (χ3v) is 6.72. The average Bonchev–Trinajstić information content (AvgIpc) is 3.49. The molecule has 4 aromatic rings. The first-order valence-corrected chi connectivity index (χ1v) is 11.3. The Morgan fingerprint density at radius 1 is 0.897 bits per heavy atom. The van der Waals surface area contributed by atoms with Crippen LogP contribution in [0.3, 0.4) is 0 Å². The van der Waals surface area contributed by atoms with Crippen LogP contribution in [-0.4, -0.2) is 51.0 Å². The normalized spacial score (nSPS) is 15.0. The second-order valence-electron chi connectivity index (χ2n) is 6.84. The molecule has 0 unspecified atom stereocenters. The molecule has 5 rings (SSSR count). The number of anilines is 1. The molecule has 4 aromatic heterocycles. The lowest BCUT2D eigenvalue weighted by Gasteiger charge is -2.34. The van der Waals surface area contributed by atoms with E-state index in [2.05, 4.69) is 53.7 Å². The van der Waals surface area contributed by atoms with Crippen molar-refractivity contribution in [2.75, 3.05) is 31.1 Å². The van der Waals surface area contributed by atoms with E-state index in [0.717, 1.165) is 60.5 Å². The predicted molar refractivity (Wildman–Crippen MR) is 118 cm³/mol. The quantitative estimate of drug-likeness (QED) is 0.486. The highest BCUT2D eigenvalue weighted by molar-refractivity contribution is 7.13. The lowest BCUT2D eigenvalue weighted by atomic mass is 10.1. The topological polar surface area (TPSA) is 58.0 Å². The number of nitrogens with zero attached hydrogens (tertiary/aromatic N) is 6. The van der Waals surface area contributed by atoms with Gasteiger partial charge in [-0.15, -0.1) is 22.7 Å². The number of thiophene rings is 2. The monoisotopic (exact) mass is 420 g/mol. The maximum atomic E-state index is 4.96. The molecule has 8 heteroatoms. The van der Waals surface area contributed by atoms with Crippen molar-refractivity contribution in [2.45, 2.75) is 6.54 Å². The Morgan fingerprint density at radius 3 is 2.48 bits per heavy atom.